The molecular weight excluding hydrogens is 264 g/mol. The summed E-state index contributed by atoms with van der Waals surface area (Å²) in [4.78, 5) is 6.80. The minimum Gasteiger partial charge on any atom is -0.332 e. The standard InChI is InChI=1S/C12H22N4O2S/c1-3-16(12(9-13)6-4-5-7-12)19(17,18)11-8-14-10(2)15-11/h8H,3-7,9,13H2,1-2H3,(H,14,15). The molecule has 19 heavy (non-hydrogen) atoms. The maximum Gasteiger partial charge on any atom is 0.260 e. The van der Waals surface area contributed by atoms with Crippen molar-refractivity contribution in [3.05, 3.63) is 12.0 Å². The van der Waals surface area contributed by atoms with Gasteiger partial charge in [0.05, 0.1) is 6.20 Å². The Morgan fingerprint density at radius 1 is 1.47 bits per heavy atom. The zero-order valence-corrected chi connectivity index (χ0v) is 12.3. The van der Waals surface area contributed by atoms with E-state index in [-0.39, 0.29) is 5.03 Å². The van der Waals surface area contributed by atoms with Crippen LogP contribution in [-0.4, -0.2) is 41.3 Å². The molecule has 0 amide bonds. The van der Waals surface area contributed by atoms with Crippen LogP contribution in [-0.2, 0) is 10.0 Å². The van der Waals surface area contributed by atoms with E-state index in [1.54, 1.807) is 11.2 Å². The smallest absolute Gasteiger partial charge is 0.260 e. The molecule has 1 aliphatic rings. The van der Waals surface area contributed by atoms with E-state index in [0.717, 1.165) is 25.7 Å². The van der Waals surface area contributed by atoms with Gasteiger partial charge in [0.1, 0.15) is 5.82 Å². The Hall–Kier alpha value is -0.920. The summed E-state index contributed by atoms with van der Waals surface area (Å²) in [7, 11) is -3.55. The molecule has 0 aliphatic heterocycles. The van der Waals surface area contributed by atoms with Crippen LogP contribution in [0.2, 0.25) is 0 Å². The van der Waals surface area contributed by atoms with Gasteiger partial charge in [-0.15, -0.1) is 0 Å². The molecule has 0 atom stereocenters. The number of aromatic amines is 1. The number of rotatable bonds is 5. The van der Waals surface area contributed by atoms with Crippen molar-refractivity contribution in [2.75, 3.05) is 13.1 Å². The van der Waals surface area contributed by atoms with Gasteiger partial charge in [-0.25, -0.2) is 13.4 Å². The third kappa shape index (κ3) is 2.42. The van der Waals surface area contributed by atoms with Gasteiger partial charge in [0.15, 0.2) is 5.03 Å². The predicted molar refractivity (Wildman–Crippen MR) is 73.1 cm³/mol. The van der Waals surface area contributed by atoms with Gasteiger partial charge in [-0.3, -0.25) is 0 Å². The number of hydrogen-bond donors (Lipinski definition) is 2. The van der Waals surface area contributed by atoms with Crippen LogP contribution in [0.15, 0.2) is 11.2 Å². The molecular formula is C12H22N4O2S. The summed E-state index contributed by atoms with van der Waals surface area (Å²) in [6.45, 7) is 4.39. The van der Waals surface area contributed by atoms with Gasteiger partial charge in [0.25, 0.3) is 10.0 Å². The fraction of sp³-hybridized carbons (Fsp3) is 0.750. The number of nitrogens with one attached hydrogen (secondary N) is 1. The lowest BCUT2D eigenvalue weighted by Crippen LogP contribution is -2.54. The van der Waals surface area contributed by atoms with Crippen LogP contribution < -0.4 is 5.73 Å². The summed E-state index contributed by atoms with van der Waals surface area (Å²) in [5.41, 5.74) is 5.47. The highest BCUT2D eigenvalue weighted by atomic mass is 32.2. The number of aromatic nitrogens is 2. The van der Waals surface area contributed by atoms with E-state index in [0.29, 0.717) is 18.9 Å². The fourth-order valence-electron chi connectivity index (χ4n) is 3.00. The molecule has 1 saturated carbocycles. The quantitative estimate of drug-likeness (QED) is 0.844. The summed E-state index contributed by atoms with van der Waals surface area (Å²) in [6.07, 6.45) is 5.12. The molecule has 7 heteroatoms. The molecule has 1 aliphatic carbocycles. The Kier molecular flexibility index (Phi) is 3.98. The van der Waals surface area contributed by atoms with Crippen molar-refractivity contribution in [3.63, 3.8) is 0 Å². The van der Waals surface area contributed by atoms with Gasteiger partial charge in [-0.1, -0.05) is 19.8 Å². The molecule has 3 N–H and O–H groups in total. The molecule has 108 valence electrons. The van der Waals surface area contributed by atoms with Gasteiger partial charge >= 0.3 is 0 Å². The van der Waals surface area contributed by atoms with E-state index in [1.165, 1.54) is 6.20 Å². The number of sulfonamides is 1. The first kappa shape index (κ1) is 14.5. The molecule has 0 aromatic carbocycles. The molecule has 6 nitrogen and oxygen atoms in total. The van der Waals surface area contributed by atoms with Crippen LogP contribution in [0.25, 0.3) is 0 Å². The Bertz CT molecular complexity index is 532. The molecule has 1 fully saturated rings. The van der Waals surface area contributed by atoms with Crippen LogP contribution in [0, 0.1) is 6.92 Å². The first-order valence-electron chi connectivity index (χ1n) is 6.71. The van der Waals surface area contributed by atoms with Gasteiger partial charge in [0, 0.05) is 18.6 Å². The van der Waals surface area contributed by atoms with Gasteiger partial charge in [-0.2, -0.15) is 4.31 Å². The molecule has 0 unspecified atom stereocenters. The summed E-state index contributed by atoms with van der Waals surface area (Å²) in [5, 5.41) is 0.159. The van der Waals surface area contributed by atoms with E-state index in [4.69, 9.17) is 5.73 Å². The number of likely N-dealkylation sites (N-methyl/N-ethyl adjacent to an activating group) is 1. The molecule has 1 heterocycles. The Morgan fingerprint density at radius 3 is 2.53 bits per heavy atom. The summed E-state index contributed by atoms with van der Waals surface area (Å²) in [6, 6.07) is 0. The third-order valence-corrected chi connectivity index (χ3v) is 5.97. The lowest BCUT2D eigenvalue weighted by atomic mass is 9.98. The van der Waals surface area contributed by atoms with E-state index >= 15 is 0 Å². The first-order chi connectivity index (χ1) is 8.96. The maximum atomic E-state index is 12.7. The third-order valence-electron chi connectivity index (χ3n) is 3.98. The zero-order chi connectivity index (χ0) is 14.1. The van der Waals surface area contributed by atoms with Crippen molar-refractivity contribution >= 4 is 10.0 Å². The average Bonchev–Trinajstić information content (AvgIpc) is 2.99. The number of aryl methyl sites for hydroxylation is 1. The SMILES string of the molecule is CCN(C1(CN)CCCC1)S(=O)(=O)c1cnc(C)[nH]1. The average molecular weight is 286 g/mol. The fourth-order valence-corrected chi connectivity index (χ4v) is 4.80. The van der Waals surface area contributed by atoms with Crippen molar-refractivity contribution < 1.29 is 8.42 Å². The normalized spacial score (nSPS) is 19.2. The van der Waals surface area contributed by atoms with Crippen LogP contribution in [0.5, 0.6) is 0 Å². The number of nitrogens with zero attached hydrogens (tertiary/aromatic N) is 2. The minimum atomic E-state index is -3.55. The highest BCUT2D eigenvalue weighted by Crippen LogP contribution is 2.37. The summed E-state index contributed by atoms with van der Waals surface area (Å²) >= 11 is 0. The molecule has 1 aromatic heterocycles. The lowest BCUT2D eigenvalue weighted by Gasteiger charge is -2.38. The van der Waals surface area contributed by atoms with E-state index < -0.39 is 15.6 Å². The topological polar surface area (TPSA) is 92.1 Å². The number of nitrogens with two attached hydrogens (primary N) is 1. The van der Waals surface area contributed by atoms with Gasteiger partial charge < -0.3 is 10.7 Å². The van der Waals surface area contributed by atoms with Crippen LogP contribution in [0.1, 0.15) is 38.4 Å². The van der Waals surface area contributed by atoms with Crippen LogP contribution in [0.3, 0.4) is 0 Å². The van der Waals surface area contributed by atoms with Crippen LogP contribution >= 0.6 is 0 Å². The molecule has 1 aromatic rings. The second kappa shape index (κ2) is 5.22. The second-order valence-corrected chi connectivity index (χ2v) is 6.97. The van der Waals surface area contributed by atoms with E-state index in [9.17, 15) is 8.42 Å². The van der Waals surface area contributed by atoms with Gasteiger partial charge in [-0.05, 0) is 19.8 Å². The number of hydrogen-bond acceptors (Lipinski definition) is 4. The lowest BCUT2D eigenvalue weighted by molar-refractivity contribution is 0.204. The van der Waals surface area contributed by atoms with Crippen molar-refractivity contribution in [2.24, 2.45) is 5.73 Å². The molecule has 0 saturated heterocycles. The minimum absolute atomic E-state index is 0.159. The van der Waals surface area contributed by atoms with Crippen molar-refractivity contribution in [1.82, 2.24) is 14.3 Å². The summed E-state index contributed by atoms with van der Waals surface area (Å²) in [5.74, 6) is 0.600. The highest BCUT2D eigenvalue weighted by Gasteiger charge is 2.44. The first-order valence-corrected chi connectivity index (χ1v) is 8.15. The molecule has 0 bridgehead atoms. The van der Waals surface area contributed by atoms with Crippen molar-refractivity contribution in [3.8, 4) is 0 Å². The van der Waals surface area contributed by atoms with Crippen molar-refractivity contribution in [2.45, 2.75) is 50.1 Å². The maximum absolute atomic E-state index is 12.7. The zero-order valence-electron chi connectivity index (χ0n) is 11.5. The molecule has 2 rings (SSSR count). The van der Waals surface area contributed by atoms with Gasteiger partial charge in [0.2, 0.25) is 0 Å². The number of imidazole rings is 1. The van der Waals surface area contributed by atoms with E-state index in [2.05, 4.69) is 9.97 Å². The van der Waals surface area contributed by atoms with Crippen LogP contribution in [0.4, 0.5) is 0 Å². The number of H-pyrrole nitrogens is 1. The highest BCUT2D eigenvalue weighted by molar-refractivity contribution is 7.89. The molecule has 0 spiro atoms. The largest absolute Gasteiger partial charge is 0.332 e. The molecule has 0 radical (unpaired) electrons. The van der Waals surface area contributed by atoms with Crippen molar-refractivity contribution in [1.29, 1.82) is 0 Å². The summed E-state index contributed by atoms with van der Waals surface area (Å²) < 4.78 is 27.0. The Morgan fingerprint density at radius 2 is 2.11 bits per heavy atom. The monoisotopic (exact) mass is 286 g/mol. The van der Waals surface area contributed by atoms with E-state index in [1.807, 2.05) is 6.92 Å². The Balaban J connectivity index is 2.41. The Labute approximate surface area is 114 Å². The second-order valence-electron chi connectivity index (χ2n) is 5.14. The predicted octanol–water partition coefficient (Wildman–Crippen LogP) is 1.00.